The fourth-order valence-corrected chi connectivity index (χ4v) is 5.03. The molecule has 0 aliphatic heterocycles. The van der Waals surface area contributed by atoms with Crippen LogP contribution in [0.15, 0.2) is 46.9 Å². The first-order valence-corrected chi connectivity index (χ1v) is 9.85. The van der Waals surface area contributed by atoms with Crippen LogP contribution in [0.3, 0.4) is 0 Å². The third-order valence-electron chi connectivity index (χ3n) is 3.44. The van der Waals surface area contributed by atoms with Gasteiger partial charge in [-0.05, 0) is 38.6 Å². The van der Waals surface area contributed by atoms with Crippen LogP contribution in [0.5, 0.6) is 5.88 Å². The van der Waals surface area contributed by atoms with Gasteiger partial charge in [0.25, 0.3) is 5.16 Å². The minimum atomic E-state index is -1.23. The first kappa shape index (κ1) is 16.4. The van der Waals surface area contributed by atoms with Crippen LogP contribution in [0.4, 0.5) is 0 Å². The molecule has 0 bridgehead atoms. The summed E-state index contributed by atoms with van der Waals surface area (Å²) >= 11 is 0. The van der Waals surface area contributed by atoms with Gasteiger partial charge in [-0.3, -0.25) is 0 Å². The number of hydrogen-bond acceptors (Lipinski definition) is 9. The van der Waals surface area contributed by atoms with E-state index in [4.69, 9.17) is 4.74 Å². The number of carbonyl (C=O) groups excluding carboxylic acids is 1. The largest absolute Gasteiger partial charge is 0.545 e. The molecule has 0 amide bonds. The highest BCUT2D eigenvalue weighted by molar-refractivity contribution is 8.44. The molecule has 3 aromatic heterocycles. The molecule has 0 N–H and O–H groups in total. The van der Waals surface area contributed by atoms with Crippen molar-refractivity contribution >= 4 is 37.5 Å². The van der Waals surface area contributed by atoms with Gasteiger partial charge in [0.1, 0.15) is 0 Å². The maximum atomic E-state index is 10.9. The van der Waals surface area contributed by atoms with Gasteiger partial charge < -0.3 is 14.6 Å². The Kier molecular flexibility index (Phi) is 4.22. The molecule has 1 atom stereocenters. The molecule has 0 saturated carbocycles. The van der Waals surface area contributed by atoms with Gasteiger partial charge in [0.05, 0.1) is 24.2 Å². The molecule has 0 aliphatic rings. The summed E-state index contributed by atoms with van der Waals surface area (Å²) < 4.78 is 11.2. The fourth-order valence-electron chi connectivity index (χ4n) is 2.19. The second-order valence-corrected chi connectivity index (χ2v) is 8.07. The zero-order valence-electron chi connectivity index (χ0n) is 13.3. The predicted molar refractivity (Wildman–Crippen MR) is 93.3 cm³/mol. The second-order valence-electron chi connectivity index (χ2n) is 5.04. The van der Waals surface area contributed by atoms with E-state index in [1.54, 1.807) is 25.3 Å². The quantitative estimate of drug-likeness (QED) is 0.369. The number of hydrogen-bond donors (Lipinski definition) is 0. The van der Waals surface area contributed by atoms with Crippen molar-refractivity contribution in [1.29, 1.82) is 0 Å². The highest BCUT2D eigenvalue weighted by atomic mass is 33.1. The number of carboxylic acids is 1. The third kappa shape index (κ3) is 3.09. The lowest BCUT2D eigenvalue weighted by molar-refractivity contribution is -0.255. The molecule has 11 heteroatoms. The van der Waals surface area contributed by atoms with Gasteiger partial charge in [-0.2, -0.15) is 9.67 Å². The number of carbonyl (C=O) groups is 1. The van der Waals surface area contributed by atoms with Crippen molar-refractivity contribution in [3.8, 4) is 11.6 Å². The Balaban J connectivity index is 1.64. The number of aromatic carboxylic acids is 1. The zero-order chi connectivity index (χ0) is 18.1. The molecule has 0 saturated heterocycles. The number of methoxy groups -OCH3 is 1. The van der Waals surface area contributed by atoms with E-state index in [0.717, 1.165) is 5.39 Å². The van der Waals surface area contributed by atoms with Gasteiger partial charge in [-0.1, -0.05) is 17.2 Å². The molecule has 4 rings (SSSR count). The van der Waals surface area contributed by atoms with Crippen LogP contribution in [0.25, 0.3) is 16.7 Å². The Morgan fingerprint density at radius 2 is 2.04 bits per heavy atom. The molecule has 0 fully saturated rings. The van der Waals surface area contributed by atoms with Crippen molar-refractivity contribution in [2.24, 2.45) is 0 Å². The van der Waals surface area contributed by atoms with Crippen LogP contribution in [-0.2, 0) is 0 Å². The van der Waals surface area contributed by atoms with Gasteiger partial charge >= 0.3 is 0 Å². The molecule has 9 nitrogen and oxygen atoms in total. The van der Waals surface area contributed by atoms with E-state index in [-0.39, 0.29) is 5.56 Å². The van der Waals surface area contributed by atoms with Crippen molar-refractivity contribution in [1.82, 2.24) is 29.6 Å². The summed E-state index contributed by atoms with van der Waals surface area (Å²) in [7, 11) is 2.41. The zero-order valence-corrected chi connectivity index (χ0v) is 14.9. The predicted octanol–water partition coefficient (Wildman–Crippen LogP) is 1.28. The van der Waals surface area contributed by atoms with E-state index in [9.17, 15) is 9.90 Å². The standard InChI is InChI=1S/C15H10N6O3S2/c1-24-12-7-4-10-8-26(18-13(10)16-12)25-15-17-19-20-21(15)11-5-2-9(3-6-11)14(22)23/h2-8H,1H3. The van der Waals surface area contributed by atoms with Crippen LogP contribution in [-0.4, -0.2) is 42.6 Å². The Hall–Kier alpha value is -3.05. The van der Waals surface area contributed by atoms with Gasteiger partial charge in [0.2, 0.25) is 22.3 Å². The number of fused-ring (bicyclic) bond motifs is 1. The minimum absolute atomic E-state index is 0.0903. The Morgan fingerprint density at radius 1 is 1.23 bits per heavy atom. The van der Waals surface area contributed by atoms with E-state index in [1.807, 2.05) is 11.4 Å². The van der Waals surface area contributed by atoms with Crippen LogP contribution < -0.4 is 9.84 Å². The number of benzene rings is 1. The van der Waals surface area contributed by atoms with E-state index in [0.29, 0.717) is 22.4 Å². The van der Waals surface area contributed by atoms with Crippen LogP contribution in [0.2, 0.25) is 0 Å². The van der Waals surface area contributed by atoms with Crippen molar-refractivity contribution in [3.05, 3.63) is 47.3 Å². The monoisotopic (exact) mass is 386 g/mol. The van der Waals surface area contributed by atoms with Gasteiger partial charge in [0.15, 0.2) is 15.1 Å². The number of rotatable bonds is 5. The molecule has 0 radical (unpaired) electrons. The normalized spacial score (nSPS) is 11.7. The van der Waals surface area contributed by atoms with Gasteiger partial charge in [-0.15, -0.1) is 0 Å². The summed E-state index contributed by atoms with van der Waals surface area (Å²) in [6.07, 6.45) is 0. The lowest BCUT2D eigenvalue weighted by atomic mass is 10.2. The van der Waals surface area contributed by atoms with E-state index >= 15 is 0 Å². The first-order valence-electron chi connectivity index (χ1n) is 7.27. The van der Waals surface area contributed by atoms with Gasteiger partial charge in [0, 0.05) is 6.07 Å². The molecule has 1 unspecified atom stereocenters. The molecule has 0 aliphatic carbocycles. The molecule has 1 aromatic carbocycles. The Morgan fingerprint density at radius 3 is 2.77 bits per heavy atom. The maximum absolute atomic E-state index is 10.9. The molecule has 26 heavy (non-hydrogen) atoms. The molecule has 3 heterocycles. The summed E-state index contributed by atoms with van der Waals surface area (Å²) in [6, 6.07) is 9.81. The number of aromatic nitrogens is 6. The number of tetrazole rings is 1. The first-order chi connectivity index (χ1) is 12.6. The summed E-state index contributed by atoms with van der Waals surface area (Å²) in [5.41, 5.74) is 1.35. The molecule has 130 valence electrons. The van der Waals surface area contributed by atoms with Crippen LogP contribution in [0, 0.1) is 0 Å². The summed E-state index contributed by atoms with van der Waals surface area (Å²) in [5, 5.41) is 26.0. The van der Waals surface area contributed by atoms with E-state index in [2.05, 4.69) is 24.9 Å². The van der Waals surface area contributed by atoms with Crippen molar-refractivity contribution < 1.29 is 14.6 Å². The fraction of sp³-hybridized carbons (Fsp3) is 0.0667. The highest BCUT2D eigenvalue weighted by Crippen LogP contribution is 2.38. The summed E-state index contributed by atoms with van der Waals surface area (Å²) in [4.78, 5) is 15.2. The van der Waals surface area contributed by atoms with Crippen molar-refractivity contribution in [3.63, 3.8) is 0 Å². The number of pyridine rings is 1. The summed E-state index contributed by atoms with van der Waals surface area (Å²) in [5.74, 6) is -0.724. The third-order valence-corrected chi connectivity index (χ3v) is 6.30. The average Bonchev–Trinajstić information content (AvgIpc) is 3.27. The SMILES string of the molecule is COc1ccc2c[s+](Sc3nnnn3-c3ccc(C(=O)[O-])cc3)nc2n1. The van der Waals surface area contributed by atoms with Crippen LogP contribution >= 0.6 is 20.5 Å². The Labute approximate surface area is 153 Å². The second kappa shape index (κ2) is 6.69. The van der Waals surface area contributed by atoms with E-state index in [1.165, 1.54) is 27.6 Å². The van der Waals surface area contributed by atoms with Crippen molar-refractivity contribution in [2.45, 2.75) is 5.16 Å². The van der Waals surface area contributed by atoms with Crippen LogP contribution in [0.1, 0.15) is 10.4 Å². The number of nitrogens with zero attached hydrogens (tertiary/aromatic N) is 6. The number of ether oxygens (including phenoxy) is 1. The van der Waals surface area contributed by atoms with Gasteiger partial charge in [-0.25, -0.2) is 0 Å². The topological polar surface area (TPSA) is 119 Å². The molecule has 4 aromatic rings. The average molecular weight is 386 g/mol. The molecular weight excluding hydrogens is 376 g/mol. The lowest BCUT2D eigenvalue weighted by Gasteiger charge is -2.04. The number of carboxylic acid groups (broad SMARTS) is 1. The summed E-state index contributed by atoms with van der Waals surface area (Å²) in [6.45, 7) is 0. The van der Waals surface area contributed by atoms with Crippen molar-refractivity contribution in [2.75, 3.05) is 7.11 Å². The van der Waals surface area contributed by atoms with E-state index < -0.39 is 15.7 Å². The molecular formula is C15H10N6O3S2. The molecule has 0 spiro atoms. The smallest absolute Gasteiger partial charge is 0.273 e. The highest BCUT2D eigenvalue weighted by Gasteiger charge is 2.22. The minimum Gasteiger partial charge on any atom is -0.545 e. The maximum Gasteiger partial charge on any atom is 0.273 e. The Bertz CT molecular complexity index is 1090. The lowest BCUT2D eigenvalue weighted by Crippen LogP contribution is -2.22.